The monoisotopic (exact) mass is 299 g/mol. The highest BCUT2D eigenvalue weighted by Gasteiger charge is 2.39. The van der Waals surface area contributed by atoms with Crippen molar-refractivity contribution in [1.29, 1.82) is 0 Å². The van der Waals surface area contributed by atoms with Gasteiger partial charge < -0.3 is 14.6 Å². The highest BCUT2D eigenvalue weighted by Crippen LogP contribution is 2.31. The van der Waals surface area contributed by atoms with E-state index in [4.69, 9.17) is 4.74 Å². The Morgan fingerprint density at radius 1 is 1.36 bits per heavy atom. The molecule has 1 aromatic rings. The number of carbonyl (C=O) groups is 1. The van der Waals surface area contributed by atoms with E-state index in [9.17, 15) is 4.79 Å². The Morgan fingerprint density at radius 3 is 2.82 bits per heavy atom. The van der Waals surface area contributed by atoms with Gasteiger partial charge in [0.15, 0.2) is 0 Å². The van der Waals surface area contributed by atoms with Gasteiger partial charge in [0.1, 0.15) is 11.8 Å². The summed E-state index contributed by atoms with van der Waals surface area (Å²) in [6, 6.07) is 8.03. The third-order valence-electron chi connectivity index (χ3n) is 3.99. The molecule has 1 fully saturated rings. The first-order chi connectivity index (χ1) is 10.7. The van der Waals surface area contributed by atoms with Crippen molar-refractivity contribution in [2.24, 2.45) is 0 Å². The van der Waals surface area contributed by atoms with Gasteiger partial charge in [0.25, 0.3) is 5.91 Å². The number of hydrogen-bond acceptors (Lipinski definition) is 4. The van der Waals surface area contributed by atoms with Gasteiger partial charge in [0.2, 0.25) is 0 Å². The number of carbonyl (C=O) groups excluding carboxylic acids is 1. The molecule has 1 amide bonds. The average Bonchev–Trinajstić information content (AvgIpc) is 2.96. The molecule has 0 aliphatic carbocycles. The number of rotatable bonds is 5. The summed E-state index contributed by atoms with van der Waals surface area (Å²) < 4.78 is 5.46. The van der Waals surface area contributed by atoms with Crippen molar-refractivity contribution < 1.29 is 9.53 Å². The van der Waals surface area contributed by atoms with Crippen molar-refractivity contribution in [3.05, 3.63) is 54.9 Å². The Labute approximate surface area is 130 Å². The molecular weight excluding hydrogens is 278 g/mol. The van der Waals surface area contributed by atoms with Gasteiger partial charge >= 0.3 is 0 Å². The van der Waals surface area contributed by atoms with Crippen LogP contribution in [0.15, 0.2) is 49.3 Å². The summed E-state index contributed by atoms with van der Waals surface area (Å²) in [5.74, 6) is 0.985. The van der Waals surface area contributed by atoms with Crippen LogP contribution in [0, 0.1) is 0 Å². The summed E-state index contributed by atoms with van der Waals surface area (Å²) in [5, 5.41) is 1.91. The van der Waals surface area contributed by atoms with E-state index < -0.39 is 0 Å². The van der Waals surface area contributed by atoms with Crippen molar-refractivity contribution >= 4 is 5.91 Å². The van der Waals surface area contributed by atoms with Crippen LogP contribution in [0.1, 0.15) is 24.9 Å². The molecule has 2 unspecified atom stereocenters. The predicted octanol–water partition coefficient (Wildman–Crippen LogP) is 2.20. The number of benzene rings is 1. The molecule has 0 bridgehead atoms. The van der Waals surface area contributed by atoms with Crippen molar-refractivity contribution in [3.8, 4) is 5.75 Å². The SMILES string of the molecule is C=CCN1C=CN2NC(c3ccc(OCC)cc3)CC2C1=O. The van der Waals surface area contributed by atoms with E-state index >= 15 is 0 Å². The number of nitrogens with one attached hydrogen (secondary N) is 1. The number of hydrogen-bond donors (Lipinski definition) is 1. The fourth-order valence-electron chi connectivity index (χ4n) is 2.91. The molecule has 5 heteroatoms. The smallest absolute Gasteiger partial charge is 0.251 e. The molecule has 116 valence electrons. The van der Waals surface area contributed by atoms with E-state index in [1.54, 1.807) is 17.2 Å². The van der Waals surface area contributed by atoms with Crippen molar-refractivity contribution in [3.63, 3.8) is 0 Å². The van der Waals surface area contributed by atoms with Crippen LogP contribution in [0.25, 0.3) is 0 Å². The van der Waals surface area contributed by atoms with Crippen LogP contribution in [0.5, 0.6) is 5.75 Å². The van der Waals surface area contributed by atoms with Crippen LogP contribution in [-0.2, 0) is 4.79 Å². The molecule has 2 atom stereocenters. The Bertz CT molecular complexity index is 582. The lowest BCUT2D eigenvalue weighted by molar-refractivity contribution is -0.133. The number of ether oxygens (including phenoxy) is 1. The summed E-state index contributed by atoms with van der Waals surface area (Å²) in [4.78, 5) is 14.1. The van der Waals surface area contributed by atoms with E-state index in [1.807, 2.05) is 30.3 Å². The first kappa shape index (κ1) is 14.7. The van der Waals surface area contributed by atoms with Crippen molar-refractivity contribution in [2.75, 3.05) is 13.2 Å². The maximum absolute atomic E-state index is 12.4. The Kier molecular flexibility index (Phi) is 4.15. The molecule has 2 aliphatic heterocycles. The number of hydrazine groups is 1. The molecule has 0 radical (unpaired) electrons. The minimum absolute atomic E-state index is 0.114. The highest BCUT2D eigenvalue weighted by molar-refractivity contribution is 5.84. The lowest BCUT2D eigenvalue weighted by atomic mass is 10.0. The fourth-order valence-corrected chi connectivity index (χ4v) is 2.91. The number of nitrogens with zero attached hydrogens (tertiary/aromatic N) is 2. The van der Waals surface area contributed by atoms with Gasteiger partial charge in [-0.05, 0) is 31.0 Å². The Hall–Kier alpha value is -2.27. The summed E-state index contributed by atoms with van der Waals surface area (Å²) in [5.41, 5.74) is 4.55. The zero-order valence-corrected chi connectivity index (χ0v) is 12.7. The van der Waals surface area contributed by atoms with E-state index in [1.165, 1.54) is 0 Å². The molecule has 1 saturated heterocycles. The topological polar surface area (TPSA) is 44.8 Å². The van der Waals surface area contributed by atoms with Crippen LogP contribution in [0.4, 0.5) is 0 Å². The second-order valence-corrected chi connectivity index (χ2v) is 5.42. The zero-order chi connectivity index (χ0) is 15.5. The Balaban J connectivity index is 1.71. The maximum Gasteiger partial charge on any atom is 0.251 e. The van der Waals surface area contributed by atoms with Gasteiger partial charge in [0.05, 0.1) is 12.6 Å². The van der Waals surface area contributed by atoms with Crippen molar-refractivity contribution in [2.45, 2.75) is 25.4 Å². The largest absolute Gasteiger partial charge is 0.494 e. The molecule has 1 N–H and O–H groups in total. The molecule has 2 heterocycles. The molecule has 0 spiro atoms. The normalized spacial score (nSPS) is 23.6. The van der Waals surface area contributed by atoms with Gasteiger partial charge in [-0.2, -0.15) is 0 Å². The standard InChI is InChI=1S/C17H21N3O2/c1-3-9-19-10-11-20-16(17(19)21)12-15(18-20)13-5-7-14(8-6-13)22-4-2/h3,5-8,10-11,15-16,18H,1,4,9,12H2,2H3. The number of fused-ring (bicyclic) bond motifs is 1. The molecule has 1 aromatic carbocycles. The van der Waals surface area contributed by atoms with Gasteiger partial charge in [-0.15, -0.1) is 6.58 Å². The quantitative estimate of drug-likeness (QED) is 0.847. The summed E-state index contributed by atoms with van der Waals surface area (Å²) in [7, 11) is 0. The van der Waals surface area contributed by atoms with Crippen LogP contribution < -0.4 is 10.2 Å². The molecule has 0 saturated carbocycles. The molecule has 0 aromatic heterocycles. The predicted molar refractivity (Wildman–Crippen MR) is 84.8 cm³/mol. The first-order valence-corrected chi connectivity index (χ1v) is 7.60. The second-order valence-electron chi connectivity index (χ2n) is 5.42. The Morgan fingerprint density at radius 2 is 2.14 bits per heavy atom. The van der Waals surface area contributed by atoms with Crippen LogP contribution in [0.2, 0.25) is 0 Å². The molecule has 3 rings (SSSR count). The highest BCUT2D eigenvalue weighted by atomic mass is 16.5. The third-order valence-corrected chi connectivity index (χ3v) is 3.99. The minimum atomic E-state index is -0.151. The van der Waals surface area contributed by atoms with Crippen LogP contribution >= 0.6 is 0 Å². The van der Waals surface area contributed by atoms with Gasteiger partial charge in [0, 0.05) is 18.9 Å². The zero-order valence-electron chi connectivity index (χ0n) is 12.7. The van der Waals surface area contributed by atoms with E-state index in [-0.39, 0.29) is 18.0 Å². The lowest BCUT2D eigenvalue weighted by Gasteiger charge is -2.31. The molecule has 22 heavy (non-hydrogen) atoms. The van der Waals surface area contributed by atoms with Crippen molar-refractivity contribution in [1.82, 2.24) is 15.3 Å². The van der Waals surface area contributed by atoms with E-state index in [0.717, 1.165) is 17.7 Å². The third kappa shape index (κ3) is 2.72. The molecular formula is C17H21N3O2. The minimum Gasteiger partial charge on any atom is -0.494 e. The van der Waals surface area contributed by atoms with Gasteiger partial charge in [-0.1, -0.05) is 18.2 Å². The summed E-state index contributed by atoms with van der Waals surface area (Å²) in [6.45, 7) is 6.87. The second kappa shape index (κ2) is 6.23. The fraction of sp³-hybridized carbons (Fsp3) is 0.353. The lowest BCUT2D eigenvalue weighted by Crippen LogP contribution is -2.47. The average molecular weight is 299 g/mol. The first-order valence-electron chi connectivity index (χ1n) is 7.60. The van der Waals surface area contributed by atoms with Crippen LogP contribution in [0.3, 0.4) is 0 Å². The maximum atomic E-state index is 12.4. The summed E-state index contributed by atoms with van der Waals surface area (Å²) in [6.07, 6.45) is 6.22. The van der Waals surface area contributed by atoms with Gasteiger partial charge in [-0.3, -0.25) is 4.79 Å². The van der Waals surface area contributed by atoms with E-state index in [2.05, 4.69) is 24.1 Å². The van der Waals surface area contributed by atoms with Crippen LogP contribution in [-0.4, -0.2) is 35.0 Å². The van der Waals surface area contributed by atoms with Gasteiger partial charge in [-0.25, -0.2) is 5.43 Å². The summed E-state index contributed by atoms with van der Waals surface area (Å²) >= 11 is 0. The molecule has 5 nitrogen and oxygen atoms in total. The number of amides is 1. The van der Waals surface area contributed by atoms with E-state index in [0.29, 0.717) is 13.2 Å². The molecule has 2 aliphatic rings.